The van der Waals surface area contributed by atoms with Crippen LogP contribution in [0.5, 0.6) is 0 Å². The van der Waals surface area contributed by atoms with Gasteiger partial charge in [0, 0.05) is 19.6 Å². The van der Waals surface area contributed by atoms with Crippen molar-refractivity contribution >= 4 is 29.6 Å². The lowest BCUT2D eigenvalue weighted by Crippen LogP contribution is -2.40. The summed E-state index contributed by atoms with van der Waals surface area (Å²) in [7, 11) is 0. The summed E-state index contributed by atoms with van der Waals surface area (Å²) < 4.78 is 7.40. The summed E-state index contributed by atoms with van der Waals surface area (Å²) in [5.74, 6) is 1.27. The van der Waals surface area contributed by atoms with Crippen LogP contribution < -0.4 is 15.5 Å². The number of nitrogens with zero attached hydrogens (tertiary/aromatic N) is 4. The molecule has 0 spiro atoms. The topological polar surface area (TPSA) is 105 Å². The minimum absolute atomic E-state index is 0.0768. The second kappa shape index (κ2) is 8.75. The number of urea groups is 1. The minimum Gasteiger partial charge on any atom is -0.467 e. The van der Waals surface area contributed by atoms with E-state index < -0.39 is 6.03 Å². The monoisotopic (exact) mass is 378 g/mol. The normalized spacial score (nSPS) is 13.8. The summed E-state index contributed by atoms with van der Waals surface area (Å²) in [6.45, 7) is 4.63. The predicted octanol–water partition coefficient (Wildman–Crippen LogP) is 1.46. The molecule has 1 aliphatic heterocycles. The van der Waals surface area contributed by atoms with Crippen LogP contribution in [0.15, 0.2) is 28.0 Å². The highest BCUT2D eigenvalue weighted by Gasteiger charge is 2.22. The number of hydrogen-bond donors (Lipinski definition) is 2. The van der Waals surface area contributed by atoms with E-state index in [1.54, 1.807) is 13.2 Å². The van der Waals surface area contributed by atoms with Gasteiger partial charge in [0.25, 0.3) is 0 Å². The molecule has 10 heteroatoms. The van der Waals surface area contributed by atoms with Crippen molar-refractivity contribution in [2.45, 2.75) is 31.5 Å². The Balaban J connectivity index is 1.69. The molecule has 1 aliphatic rings. The number of amides is 3. The first-order chi connectivity index (χ1) is 12.7. The molecule has 0 radical (unpaired) electrons. The van der Waals surface area contributed by atoms with Gasteiger partial charge in [0.1, 0.15) is 5.76 Å². The lowest BCUT2D eigenvalue weighted by molar-refractivity contribution is -0.117. The van der Waals surface area contributed by atoms with Crippen LogP contribution in [0.25, 0.3) is 0 Å². The van der Waals surface area contributed by atoms with E-state index in [9.17, 15) is 9.59 Å². The Labute approximate surface area is 155 Å². The molecular formula is C16H22N6O3S. The highest BCUT2D eigenvalue weighted by atomic mass is 32.2. The van der Waals surface area contributed by atoms with Gasteiger partial charge in [-0.05, 0) is 31.9 Å². The van der Waals surface area contributed by atoms with Gasteiger partial charge >= 0.3 is 6.03 Å². The molecule has 0 bridgehead atoms. The lowest BCUT2D eigenvalue weighted by Gasteiger charge is -2.17. The SMILES string of the molecule is CCNC(=O)NC(=O)CSc1nnc(N2CCCC2)n1Cc1ccco1. The highest BCUT2D eigenvalue weighted by Crippen LogP contribution is 2.25. The number of furan rings is 1. The van der Waals surface area contributed by atoms with Crippen molar-refractivity contribution in [3.05, 3.63) is 24.2 Å². The summed E-state index contributed by atoms with van der Waals surface area (Å²) in [6, 6.07) is 3.24. The summed E-state index contributed by atoms with van der Waals surface area (Å²) in [5, 5.41) is 14.0. The van der Waals surface area contributed by atoms with Gasteiger partial charge in [0.2, 0.25) is 11.9 Å². The molecule has 140 valence electrons. The van der Waals surface area contributed by atoms with Crippen molar-refractivity contribution in [1.29, 1.82) is 0 Å². The van der Waals surface area contributed by atoms with Crippen LogP contribution in [0.4, 0.5) is 10.7 Å². The molecule has 26 heavy (non-hydrogen) atoms. The Morgan fingerprint density at radius 2 is 2.12 bits per heavy atom. The van der Waals surface area contributed by atoms with Crippen LogP contribution in [-0.2, 0) is 11.3 Å². The van der Waals surface area contributed by atoms with Crippen LogP contribution in [-0.4, -0.2) is 52.1 Å². The van der Waals surface area contributed by atoms with Crippen molar-refractivity contribution in [2.75, 3.05) is 30.3 Å². The third kappa shape index (κ3) is 4.57. The van der Waals surface area contributed by atoms with E-state index in [-0.39, 0.29) is 11.7 Å². The molecule has 0 aromatic carbocycles. The quantitative estimate of drug-likeness (QED) is 0.703. The molecule has 1 saturated heterocycles. The second-order valence-corrected chi connectivity index (χ2v) is 6.78. The maximum absolute atomic E-state index is 11.9. The summed E-state index contributed by atoms with van der Waals surface area (Å²) in [4.78, 5) is 25.5. The summed E-state index contributed by atoms with van der Waals surface area (Å²) in [6.07, 6.45) is 3.89. The lowest BCUT2D eigenvalue weighted by atomic mass is 10.4. The third-order valence-electron chi connectivity index (χ3n) is 3.90. The smallest absolute Gasteiger partial charge is 0.321 e. The van der Waals surface area contributed by atoms with Crippen molar-refractivity contribution in [1.82, 2.24) is 25.4 Å². The number of aromatic nitrogens is 3. The molecular weight excluding hydrogens is 356 g/mol. The Bertz CT molecular complexity index is 739. The van der Waals surface area contributed by atoms with Gasteiger partial charge < -0.3 is 14.6 Å². The van der Waals surface area contributed by atoms with Crippen LogP contribution in [0.3, 0.4) is 0 Å². The zero-order chi connectivity index (χ0) is 18.4. The fourth-order valence-corrected chi connectivity index (χ4v) is 3.47. The van der Waals surface area contributed by atoms with Crippen LogP contribution in [0.2, 0.25) is 0 Å². The largest absolute Gasteiger partial charge is 0.467 e. The zero-order valence-corrected chi connectivity index (χ0v) is 15.4. The minimum atomic E-state index is -0.493. The Hall–Kier alpha value is -2.49. The number of thioether (sulfide) groups is 1. The number of nitrogens with one attached hydrogen (secondary N) is 2. The number of rotatable bonds is 7. The van der Waals surface area contributed by atoms with E-state index in [1.807, 2.05) is 16.7 Å². The van der Waals surface area contributed by atoms with Crippen LogP contribution >= 0.6 is 11.8 Å². The number of imide groups is 1. The first-order valence-electron chi connectivity index (χ1n) is 8.58. The maximum atomic E-state index is 11.9. The molecule has 0 unspecified atom stereocenters. The molecule has 3 rings (SSSR count). The van der Waals surface area contributed by atoms with Crippen molar-refractivity contribution in [2.24, 2.45) is 0 Å². The van der Waals surface area contributed by atoms with Crippen molar-refractivity contribution < 1.29 is 14.0 Å². The average Bonchev–Trinajstić information content (AvgIpc) is 3.36. The van der Waals surface area contributed by atoms with Crippen molar-refractivity contribution in [3.63, 3.8) is 0 Å². The Morgan fingerprint density at radius 3 is 2.81 bits per heavy atom. The molecule has 0 atom stereocenters. The van der Waals surface area contributed by atoms with E-state index in [0.717, 1.165) is 37.6 Å². The first kappa shape index (κ1) is 18.3. The summed E-state index contributed by atoms with van der Waals surface area (Å²) in [5.41, 5.74) is 0. The zero-order valence-electron chi connectivity index (χ0n) is 14.6. The van der Waals surface area contributed by atoms with Gasteiger partial charge in [-0.15, -0.1) is 10.2 Å². The highest BCUT2D eigenvalue weighted by molar-refractivity contribution is 7.99. The number of carbonyl (C=O) groups is 2. The molecule has 3 heterocycles. The maximum Gasteiger partial charge on any atom is 0.321 e. The fraction of sp³-hybridized carbons (Fsp3) is 0.500. The van der Waals surface area contributed by atoms with Gasteiger partial charge in [0.15, 0.2) is 5.16 Å². The van der Waals surface area contributed by atoms with Gasteiger partial charge in [-0.1, -0.05) is 11.8 Å². The number of carbonyl (C=O) groups excluding carboxylic acids is 2. The van der Waals surface area contributed by atoms with Gasteiger partial charge in [-0.3, -0.25) is 14.7 Å². The van der Waals surface area contributed by atoms with Crippen LogP contribution in [0.1, 0.15) is 25.5 Å². The van der Waals surface area contributed by atoms with Gasteiger partial charge in [-0.25, -0.2) is 4.79 Å². The Kier molecular flexibility index (Phi) is 6.16. The van der Waals surface area contributed by atoms with Crippen LogP contribution in [0, 0.1) is 0 Å². The molecule has 1 fully saturated rings. The average molecular weight is 378 g/mol. The molecule has 2 aromatic rings. The third-order valence-corrected chi connectivity index (χ3v) is 4.87. The Morgan fingerprint density at radius 1 is 1.31 bits per heavy atom. The van der Waals surface area contributed by atoms with E-state index in [1.165, 1.54) is 11.8 Å². The fourth-order valence-electron chi connectivity index (χ4n) is 2.73. The van der Waals surface area contributed by atoms with Crippen molar-refractivity contribution in [3.8, 4) is 0 Å². The van der Waals surface area contributed by atoms with E-state index >= 15 is 0 Å². The van der Waals surface area contributed by atoms with Gasteiger partial charge in [0.05, 0.1) is 18.6 Å². The second-order valence-electron chi connectivity index (χ2n) is 5.84. The van der Waals surface area contributed by atoms with Gasteiger partial charge in [-0.2, -0.15) is 0 Å². The molecule has 9 nitrogen and oxygen atoms in total. The molecule has 2 aromatic heterocycles. The molecule has 3 amide bonds. The first-order valence-corrected chi connectivity index (χ1v) is 9.57. The number of anilines is 1. The van der Waals surface area contributed by atoms with E-state index in [2.05, 4.69) is 25.7 Å². The predicted molar refractivity (Wildman–Crippen MR) is 97.2 cm³/mol. The molecule has 0 saturated carbocycles. The van der Waals surface area contributed by atoms with E-state index in [4.69, 9.17) is 4.42 Å². The standard InChI is InChI=1S/C16H22N6O3S/c1-2-17-14(24)18-13(23)11-26-16-20-19-15(21-7-3-4-8-21)22(16)10-12-6-5-9-25-12/h5-6,9H,2-4,7-8,10-11H2,1H3,(H2,17,18,23,24). The molecule has 0 aliphatic carbocycles. The van der Waals surface area contributed by atoms with E-state index in [0.29, 0.717) is 18.2 Å². The summed E-state index contributed by atoms with van der Waals surface area (Å²) >= 11 is 1.25. The number of hydrogen-bond acceptors (Lipinski definition) is 7. The molecule has 2 N–H and O–H groups in total.